The molecule has 2 N–H and O–H groups in total. The van der Waals surface area contributed by atoms with Crippen molar-refractivity contribution in [2.75, 3.05) is 0 Å². The smallest absolute Gasteiger partial charge is 0.676 e. The molecule has 0 amide bonds. The van der Waals surface area contributed by atoms with Crippen LogP contribution in [-0.2, 0) is 30.7 Å². The van der Waals surface area contributed by atoms with Crippen molar-refractivity contribution in [1.29, 1.82) is 0 Å². The van der Waals surface area contributed by atoms with Crippen LogP contribution in [0.1, 0.15) is 25.7 Å². The molecule has 0 aromatic heterocycles. The maximum Gasteiger partial charge on any atom is 2.00 e. The molecule has 90 valence electrons. The molecule has 0 spiro atoms. The number of hydrogen-bond donors (Lipinski definition) is 0. The Morgan fingerprint density at radius 2 is 1.20 bits per heavy atom. The fourth-order valence-electron chi connectivity index (χ4n) is 1.13. The molecular formula is C8H12N2O4Pt-2. The van der Waals surface area contributed by atoms with Gasteiger partial charge in [-0.1, -0.05) is 25.7 Å². The Morgan fingerprint density at radius 1 is 0.933 bits per heavy atom. The fraction of sp³-hybridized carbons (Fsp3) is 0.750. The summed E-state index contributed by atoms with van der Waals surface area (Å²) in [4.78, 5) is 17.9. The van der Waals surface area contributed by atoms with Gasteiger partial charge in [0.2, 0.25) is 0 Å². The minimum Gasteiger partial charge on any atom is -0.676 e. The average molecular weight is 395 g/mol. The van der Waals surface area contributed by atoms with Gasteiger partial charge in [-0.05, 0) is 0 Å². The first kappa shape index (κ1) is 17.0. The van der Waals surface area contributed by atoms with Crippen LogP contribution in [0, 0.1) is 0 Å². The van der Waals surface area contributed by atoms with Gasteiger partial charge < -0.3 is 31.3 Å². The predicted octanol–water partition coefficient (Wildman–Crippen LogP) is -1.11. The van der Waals surface area contributed by atoms with Crippen molar-refractivity contribution in [3.63, 3.8) is 0 Å². The van der Waals surface area contributed by atoms with E-state index < -0.39 is 11.9 Å². The molecule has 1 aliphatic rings. The summed E-state index contributed by atoms with van der Waals surface area (Å²) >= 11 is 0. The third-order valence-corrected chi connectivity index (χ3v) is 1.93. The summed E-state index contributed by atoms with van der Waals surface area (Å²) in [5, 5.41) is 17.9. The Kier molecular flexibility index (Phi) is 9.98. The van der Waals surface area contributed by atoms with Gasteiger partial charge in [-0.3, -0.25) is 0 Å². The zero-order chi connectivity index (χ0) is 11.1. The Labute approximate surface area is 102 Å². The van der Waals surface area contributed by atoms with E-state index in [9.17, 15) is 0 Å². The minimum absolute atomic E-state index is 0. The molecule has 1 saturated carbocycles. The van der Waals surface area contributed by atoms with Crippen LogP contribution in [0.5, 0.6) is 0 Å². The summed E-state index contributed by atoms with van der Waals surface area (Å²) in [6.45, 7) is 0. The Bertz CT molecular complexity index is 191. The second kappa shape index (κ2) is 8.82. The standard InChI is InChI=1S/C6H12N2.C2H2O4.Pt/c7-5-3-1-2-4-6(5)8;3-1(4)2(5)6;/h5-8H,1-4H2;(H,3,4)(H,5,6);/q-2;;+2/p-2/t5-,6-;;/m1../s1. The van der Waals surface area contributed by atoms with E-state index in [0.29, 0.717) is 0 Å². The summed E-state index contributed by atoms with van der Waals surface area (Å²) in [7, 11) is 0. The van der Waals surface area contributed by atoms with Gasteiger partial charge in [0.1, 0.15) is 0 Å². The number of aliphatic carboxylic acids is 2. The minimum atomic E-state index is -2.19. The van der Waals surface area contributed by atoms with Crippen molar-refractivity contribution in [2.45, 2.75) is 37.8 Å². The molecule has 0 heterocycles. The molecule has 0 radical (unpaired) electrons. The van der Waals surface area contributed by atoms with Crippen molar-refractivity contribution in [3.05, 3.63) is 11.5 Å². The van der Waals surface area contributed by atoms with Gasteiger partial charge in [0.15, 0.2) is 0 Å². The Morgan fingerprint density at radius 3 is 1.33 bits per heavy atom. The maximum absolute atomic E-state index is 8.93. The Balaban J connectivity index is 0. The van der Waals surface area contributed by atoms with Crippen molar-refractivity contribution in [3.8, 4) is 0 Å². The number of carbonyl (C=O) groups excluding carboxylic acids is 2. The normalized spacial score (nSPS) is 24.1. The maximum atomic E-state index is 8.93. The van der Waals surface area contributed by atoms with Gasteiger partial charge in [-0.15, -0.1) is 0 Å². The molecule has 0 aliphatic heterocycles. The summed E-state index contributed by atoms with van der Waals surface area (Å²) in [6.07, 6.45) is 4.25. The van der Waals surface area contributed by atoms with Crippen LogP contribution in [-0.4, -0.2) is 24.0 Å². The number of carbonyl (C=O) groups is 2. The topological polar surface area (TPSA) is 128 Å². The first-order valence-corrected chi connectivity index (χ1v) is 4.29. The van der Waals surface area contributed by atoms with Crippen molar-refractivity contribution in [2.24, 2.45) is 0 Å². The molecule has 15 heavy (non-hydrogen) atoms. The van der Waals surface area contributed by atoms with Crippen LogP contribution in [0.2, 0.25) is 0 Å². The van der Waals surface area contributed by atoms with E-state index in [1.54, 1.807) is 0 Å². The molecule has 1 rings (SSSR count). The molecule has 0 bridgehead atoms. The van der Waals surface area contributed by atoms with Crippen LogP contribution in [0.25, 0.3) is 11.5 Å². The van der Waals surface area contributed by atoms with Gasteiger partial charge in [-0.2, -0.15) is 12.1 Å². The van der Waals surface area contributed by atoms with Gasteiger partial charge >= 0.3 is 21.1 Å². The zero-order valence-corrected chi connectivity index (χ0v) is 10.2. The zero-order valence-electron chi connectivity index (χ0n) is 7.93. The van der Waals surface area contributed by atoms with Crippen LogP contribution in [0.3, 0.4) is 0 Å². The van der Waals surface area contributed by atoms with E-state index >= 15 is 0 Å². The summed E-state index contributed by atoms with van der Waals surface area (Å²) in [5.74, 6) is -4.37. The van der Waals surface area contributed by atoms with E-state index in [-0.39, 0.29) is 33.1 Å². The molecule has 0 aromatic rings. The molecule has 0 aromatic carbocycles. The second-order valence-corrected chi connectivity index (χ2v) is 3.07. The van der Waals surface area contributed by atoms with E-state index in [1.165, 1.54) is 12.8 Å². The monoisotopic (exact) mass is 395 g/mol. The molecule has 2 atom stereocenters. The van der Waals surface area contributed by atoms with Gasteiger partial charge in [0, 0.05) is 0 Å². The predicted molar refractivity (Wildman–Crippen MR) is 44.7 cm³/mol. The molecule has 6 nitrogen and oxygen atoms in total. The summed E-state index contributed by atoms with van der Waals surface area (Å²) in [5.41, 5.74) is 14.6. The quantitative estimate of drug-likeness (QED) is 0.482. The van der Waals surface area contributed by atoms with E-state index in [1.807, 2.05) is 0 Å². The summed E-state index contributed by atoms with van der Waals surface area (Å²) < 4.78 is 0. The Hall–Kier alpha value is -0.452. The number of rotatable bonds is 0. The van der Waals surface area contributed by atoms with Crippen LogP contribution < -0.4 is 10.2 Å². The van der Waals surface area contributed by atoms with E-state index in [0.717, 1.165) is 12.8 Å². The summed E-state index contributed by atoms with van der Waals surface area (Å²) in [6, 6.07) is -0.160. The average Bonchev–Trinajstić information content (AvgIpc) is 2.11. The van der Waals surface area contributed by atoms with Crippen molar-refractivity contribution >= 4 is 11.9 Å². The third kappa shape index (κ3) is 8.54. The van der Waals surface area contributed by atoms with Gasteiger partial charge in [0.05, 0.1) is 11.9 Å². The molecule has 7 heteroatoms. The second-order valence-electron chi connectivity index (χ2n) is 3.07. The van der Waals surface area contributed by atoms with Gasteiger partial charge in [-0.25, -0.2) is 0 Å². The van der Waals surface area contributed by atoms with E-state index in [4.69, 9.17) is 31.3 Å². The van der Waals surface area contributed by atoms with Gasteiger partial charge in [0.25, 0.3) is 0 Å². The van der Waals surface area contributed by atoms with Crippen LogP contribution in [0.4, 0.5) is 0 Å². The third-order valence-electron chi connectivity index (χ3n) is 1.93. The molecule has 1 fully saturated rings. The van der Waals surface area contributed by atoms with E-state index in [2.05, 4.69) is 0 Å². The number of carboxylic acids is 2. The fourth-order valence-corrected chi connectivity index (χ4v) is 1.13. The molecule has 0 saturated heterocycles. The molecule has 0 unspecified atom stereocenters. The number of hydrogen-bond acceptors (Lipinski definition) is 4. The van der Waals surface area contributed by atoms with Crippen LogP contribution >= 0.6 is 0 Å². The molecular weight excluding hydrogens is 383 g/mol. The first-order chi connectivity index (χ1) is 6.45. The SMILES string of the molecule is O=C([O-])C(=O)[O-].[NH-][C@@H]1CCCC[C@H]1[NH-].[Pt+2]. The van der Waals surface area contributed by atoms with Crippen molar-refractivity contribution in [1.82, 2.24) is 0 Å². The molecule has 1 aliphatic carbocycles. The van der Waals surface area contributed by atoms with Crippen molar-refractivity contribution < 1.29 is 40.9 Å². The number of nitrogens with one attached hydrogen (secondary N) is 2. The largest absolute Gasteiger partial charge is 2.00 e. The van der Waals surface area contributed by atoms with Crippen LogP contribution in [0.15, 0.2) is 0 Å². The first-order valence-electron chi connectivity index (χ1n) is 4.29. The number of carboxylic acid groups (broad SMARTS) is 2.